The van der Waals surface area contributed by atoms with E-state index < -0.39 is 31.1 Å². The van der Waals surface area contributed by atoms with Crippen molar-refractivity contribution < 1.29 is 24.9 Å². The second-order valence-electron chi connectivity index (χ2n) is 12.4. The van der Waals surface area contributed by atoms with Gasteiger partial charge in [-0.1, -0.05) is 60.7 Å². The largest absolute Gasteiger partial charge is 0.394 e. The molecule has 14 heteroatoms. The van der Waals surface area contributed by atoms with Crippen LogP contribution in [0, 0.1) is 0 Å². The third kappa shape index (κ3) is 6.60. The third-order valence-electron chi connectivity index (χ3n) is 9.28. The first-order valence-corrected chi connectivity index (χ1v) is 16.2. The van der Waals surface area contributed by atoms with Crippen molar-refractivity contribution in [3.05, 3.63) is 78.1 Å². The highest BCUT2D eigenvalue weighted by Gasteiger charge is 2.44. The van der Waals surface area contributed by atoms with Crippen LogP contribution in [0.5, 0.6) is 0 Å². The Morgan fingerprint density at radius 1 is 0.979 bits per heavy atom. The summed E-state index contributed by atoms with van der Waals surface area (Å²) in [5.41, 5.74) is 3.18. The SMILES string of the molecule is O=C(N[C@H]1CCNC1)N[C@H]1CCN(c2nc(NCC(c3ccccc3)c3ccccc3)c3ncn([C@@H]4O[C@H](CO)[C@@H](O)[C@H]4O)c3n2)C1. The van der Waals surface area contributed by atoms with E-state index in [4.69, 9.17) is 14.7 Å². The van der Waals surface area contributed by atoms with Crippen molar-refractivity contribution in [1.29, 1.82) is 0 Å². The van der Waals surface area contributed by atoms with E-state index >= 15 is 0 Å². The molecule has 0 spiro atoms. The molecule has 7 N–H and O–H groups in total. The van der Waals surface area contributed by atoms with Gasteiger partial charge in [0.05, 0.1) is 12.9 Å². The van der Waals surface area contributed by atoms with Crippen LogP contribution in [0.15, 0.2) is 67.0 Å². The zero-order valence-electron chi connectivity index (χ0n) is 25.9. The molecular weight excluding hydrogens is 602 g/mol. The fourth-order valence-corrected chi connectivity index (χ4v) is 6.71. The molecule has 5 heterocycles. The average Bonchev–Trinajstić information content (AvgIpc) is 3.91. The summed E-state index contributed by atoms with van der Waals surface area (Å²) < 4.78 is 7.42. The van der Waals surface area contributed by atoms with Crippen LogP contribution in [0.4, 0.5) is 16.6 Å². The van der Waals surface area contributed by atoms with Crippen molar-refractivity contribution in [2.45, 2.75) is 55.4 Å². The highest BCUT2D eigenvalue weighted by molar-refractivity contribution is 5.84. The first-order valence-electron chi connectivity index (χ1n) is 16.2. The summed E-state index contributed by atoms with van der Waals surface area (Å²) in [4.78, 5) is 29.1. The van der Waals surface area contributed by atoms with E-state index in [0.717, 1.165) is 37.1 Å². The van der Waals surface area contributed by atoms with E-state index in [2.05, 4.69) is 50.5 Å². The molecule has 47 heavy (non-hydrogen) atoms. The number of hydrogen-bond donors (Lipinski definition) is 7. The molecule has 14 nitrogen and oxygen atoms in total. The Kier molecular flexibility index (Phi) is 9.18. The van der Waals surface area contributed by atoms with Crippen molar-refractivity contribution in [2.24, 2.45) is 0 Å². The molecule has 2 aromatic carbocycles. The van der Waals surface area contributed by atoms with Crippen LogP contribution in [0.2, 0.25) is 0 Å². The van der Waals surface area contributed by atoms with Crippen molar-refractivity contribution in [3.63, 3.8) is 0 Å². The topological polar surface area (TPSA) is 182 Å². The molecular formula is C33H41N9O5. The molecule has 2 amide bonds. The number of aliphatic hydroxyl groups excluding tert-OH is 3. The molecule has 0 unspecified atom stereocenters. The van der Waals surface area contributed by atoms with Gasteiger partial charge in [0.2, 0.25) is 5.95 Å². The average molecular weight is 644 g/mol. The first kappa shape index (κ1) is 31.3. The molecule has 3 aliphatic rings. The lowest BCUT2D eigenvalue weighted by atomic mass is 9.91. The number of benzene rings is 2. The molecule has 6 atom stereocenters. The molecule has 0 saturated carbocycles. The van der Waals surface area contributed by atoms with Gasteiger partial charge in [0, 0.05) is 44.2 Å². The summed E-state index contributed by atoms with van der Waals surface area (Å²) in [5, 5.41) is 43.9. The summed E-state index contributed by atoms with van der Waals surface area (Å²) in [7, 11) is 0. The molecule has 4 aromatic rings. The maximum absolute atomic E-state index is 12.7. The zero-order chi connectivity index (χ0) is 32.3. The quantitative estimate of drug-likeness (QED) is 0.131. The van der Waals surface area contributed by atoms with Gasteiger partial charge in [0.1, 0.15) is 18.3 Å². The lowest BCUT2D eigenvalue weighted by Gasteiger charge is -2.22. The van der Waals surface area contributed by atoms with E-state index in [0.29, 0.717) is 42.6 Å². The van der Waals surface area contributed by atoms with E-state index in [1.807, 2.05) is 41.3 Å². The summed E-state index contributed by atoms with van der Waals surface area (Å²) >= 11 is 0. The molecule has 7 rings (SSSR count). The number of urea groups is 1. The number of amides is 2. The Morgan fingerprint density at radius 3 is 2.36 bits per heavy atom. The summed E-state index contributed by atoms with van der Waals surface area (Å²) in [6.07, 6.45) is -1.38. The number of rotatable bonds is 10. The number of nitrogens with zero attached hydrogens (tertiary/aromatic N) is 5. The van der Waals surface area contributed by atoms with Gasteiger partial charge in [0.15, 0.2) is 23.2 Å². The number of ether oxygens (including phenoxy) is 1. The minimum atomic E-state index is -1.30. The number of aliphatic hydroxyl groups is 3. The summed E-state index contributed by atoms with van der Waals surface area (Å²) in [6, 6.07) is 20.4. The van der Waals surface area contributed by atoms with Gasteiger partial charge < -0.3 is 46.2 Å². The number of imidazole rings is 1. The Hall–Kier alpha value is -4.34. The molecule has 0 bridgehead atoms. The minimum Gasteiger partial charge on any atom is -0.394 e. The van der Waals surface area contributed by atoms with Crippen LogP contribution in [-0.2, 0) is 4.74 Å². The Morgan fingerprint density at radius 2 is 1.70 bits per heavy atom. The standard InChI is InChI=1S/C33H41N9O5/c43-18-25-27(44)28(45)31(47-25)42-19-36-26-29(35-16-24(20-7-3-1-4-8-20)21-9-5-2-6-10-21)39-32(40-30(26)42)41-14-12-23(17-41)38-33(46)37-22-11-13-34-15-22/h1-10,19,22-25,27-28,31,34,43-45H,11-18H2,(H,35,39,40)(H2,37,38,46)/t22-,23-,25+,27+,28+,31+/m0/s1. The number of hydrogen-bond acceptors (Lipinski definition) is 11. The number of carbonyl (C=O) groups is 1. The van der Waals surface area contributed by atoms with Gasteiger partial charge in [-0.05, 0) is 30.5 Å². The fourth-order valence-electron chi connectivity index (χ4n) is 6.71. The predicted octanol–water partition coefficient (Wildman–Crippen LogP) is 0.922. The van der Waals surface area contributed by atoms with Crippen LogP contribution in [0.3, 0.4) is 0 Å². The van der Waals surface area contributed by atoms with Crippen LogP contribution < -0.4 is 26.2 Å². The van der Waals surface area contributed by atoms with Gasteiger partial charge in [-0.25, -0.2) is 9.78 Å². The highest BCUT2D eigenvalue weighted by Crippen LogP contribution is 2.34. The maximum atomic E-state index is 12.7. The molecule has 3 aliphatic heterocycles. The van der Waals surface area contributed by atoms with Crippen molar-refractivity contribution in [1.82, 2.24) is 35.5 Å². The third-order valence-corrected chi connectivity index (χ3v) is 9.28. The Balaban J connectivity index is 1.18. The van der Waals surface area contributed by atoms with Crippen molar-refractivity contribution in [2.75, 3.05) is 49.5 Å². The van der Waals surface area contributed by atoms with Gasteiger partial charge in [0.25, 0.3) is 0 Å². The van der Waals surface area contributed by atoms with Crippen LogP contribution >= 0.6 is 0 Å². The van der Waals surface area contributed by atoms with Gasteiger partial charge >= 0.3 is 6.03 Å². The van der Waals surface area contributed by atoms with Crippen molar-refractivity contribution >= 4 is 29.0 Å². The molecule has 3 fully saturated rings. The summed E-state index contributed by atoms with van der Waals surface area (Å²) in [5.74, 6) is 0.965. The Bertz CT molecular complexity index is 1610. The van der Waals surface area contributed by atoms with Gasteiger partial charge in [-0.15, -0.1) is 0 Å². The van der Waals surface area contributed by atoms with Crippen LogP contribution in [0.1, 0.15) is 36.1 Å². The monoisotopic (exact) mass is 643 g/mol. The van der Waals surface area contributed by atoms with Crippen LogP contribution in [-0.4, -0.2) is 111 Å². The van der Waals surface area contributed by atoms with Gasteiger partial charge in [-0.2, -0.15) is 9.97 Å². The first-order chi connectivity index (χ1) is 23.0. The van der Waals surface area contributed by atoms with Crippen LogP contribution in [0.25, 0.3) is 11.2 Å². The van der Waals surface area contributed by atoms with Crippen molar-refractivity contribution in [3.8, 4) is 0 Å². The predicted molar refractivity (Wildman–Crippen MR) is 175 cm³/mol. The maximum Gasteiger partial charge on any atom is 0.315 e. The normalized spacial score (nSPS) is 25.9. The summed E-state index contributed by atoms with van der Waals surface area (Å²) in [6.45, 7) is 2.88. The lowest BCUT2D eigenvalue weighted by molar-refractivity contribution is -0.0511. The van der Waals surface area contributed by atoms with E-state index in [1.165, 1.54) is 6.33 Å². The molecule has 3 saturated heterocycles. The fraction of sp³-hybridized carbons (Fsp3) is 0.455. The highest BCUT2D eigenvalue weighted by atomic mass is 16.6. The van der Waals surface area contributed by atoms with E-state index in [1.54, 1.807) is 4.57 Å². The zero-order valence-corrected chi connectivity index (χ0v) is 25.9. The number of anilines is 2. The number of carbonyl (C=O) groups excluding carboxylic acids is 1. The number of fused-ring (bicyclic) bond motifs is 1. The molecule has 248 valence electrons. The van der Waals surface area contributed by atoms with E-state index in [-0.39, 0.29) is 24.0 Å². The second-order valence-corrected chi connectivity index (χ2v) is 12.4. The van der Waals surface area contributed by atoms with Gasteiger partial charge in [-0.3, -0.25) is 4.57 Å². The number of nitrogens with one attached hydrogen (secondary N) is 4. The lowest BCUT2D eigenvalue weighted by Crippen LogP contribution is -2.47. The Labute approximate surface area is 272 Å². The smallest absolute Gasteiger partial charge is 0.315 e. The molecule has 0 aliphatic carbocycles. The molecule has 0 radical (unpaired) electrons. The minimum absolute atomic E-state index is 0.0161. The number of aromatic nitrogens is 4. The van der Waals surface area contributed by atoms with E-state index in [9.17, 15) is 20.1 Å². The second kappa shape index (κ2) is 13.8. The molecule has 2 aromatic heterocycles.